The summed E-state index contributed by atoms with van der Waals surface area (Å²) < 4.78 is 1.89. The number of nitrogen functional groups attached to an aromatic ring is 1. The zero-order chi connectivity index (χ0) is 12.3. The van der Waals surface area contributed by atoms with Gasteiger partial charge in [0.25, 0.3) is 0 Å². The van der Waals surface area contributed by atoms with Crippen molar-refractivity contribution in [2.75, 3.05) is 12.8 Å². The van der Waals surface area contributed by atoms with E-state index in [2.05, 4.69) is 11.6 Å². The summed E-state index contributed by atoms with van der Waals surface area (Å²) in [5, 5.41) is 0. The molecule has 1 heterocycles. The van der Waals surface area contributed by atoms with E-state index in [0.717, 1.165) is 22.3 Å². The lowest BCUT2D eigenvalue weighted by Gasteiger charge is -2.06. The molecule has 0 aliphatic rings. The minimum absolute atomic E-state index is 0.769. The standard InChI is InChI=1S/C14H15N3/c1-3-17-10-12(6-9-14(17)16-2)11-4-7-13(15)8-5-11/h3-10H,1,15H2,2H3. The lowest BCUT2D eigenvalue weighted by atomic mass is 10.1. The Balaban J connectivity index is 2.54. The van der Waals surface area contributed by atoms with Gasteiger partial charge in [-0.3, -0.25) is 4.99 Å². The molecule has 0 fully saturated rings. The number of rotatable bonds is 2. The number of benzene rings is 1. The van der Waals surface area contributed by atoms with Gasteiger partial charge in [-0.2, -0.15) is 0 Å². The summed E-state index contributed by atoms with van der Waals surface area (Å²) in [4.78, 5) is 4.16. The second-order valence-electron chi connectivity index (χ2n) is 3.71. The normalized spacial score (nSPS) is 11.5. The molecular formula is C14H15N3. The first-order valence-electron chi connectivity index (χ1n) is 5.38. The molecule has 86 valence electrons. The fourth-order valence-electron chi connectivity index (χ4n) is 1.69. The largest absolute Gasteiger partial charge is 0.399 e. The number of hydrogen-bond acceptors (Lipinski definition) is 2. The van der Waals surface area contributed by atoms with E-state index in [1.54, 1.807) is 13.2 Å². The summed E-state index contributed by atoms with van der Waals surface area (Å²) in [5.41, 5.74) is 9.54. The first kappa shape index (κ1) is 11.2. The van der Waals surface area contributed by atoms with Crippen LogP contribution in [0.4, 0.5) is 5.69 Å². The topological polar surface area (TPSA) is 43.3 Å². The first-order chi connectivity index (χ1) is 8.24. The Kier molecular flexibility index (Phi) is 3.10. The van der Waals surface area contributed by atoms with Gasteiger partial charge in [0.15, 0.2) is 0 Å². The predicted molar refractivity (Wildman–Crippen MR) is 72.2 cm³/mol. The van der Waals surface area contributed by atoms with Crippen LogP contribution in [0.5, 0.6) is 0 Å². The highest BCUT2D eigenvalue weighted by atomic mass is 15.0. The van der Waals surface area contributed by atoms with Gasteiger partial charge in [-0.15, -0.1) is 0 Å². The van der Waals surface area contributed by atoms with E-state index >= 15 is 0 Å². The molecule has 0 aliphatic carbocycles. The highest BCUT2D eigenvalue weighted by Gasteiger charge is 1.98. The van der Waals surface area contributed by atoms with Gasteiger partial charge in [0, 0.05) is 25.1 Å². The van der Waals surface area contributed by atoms with Crippen LogP contribution < -0.4 is 11.2 Å². The summed E-state index contributed by atoms with van der Waals surface area (Å²) in [7, 11) is 1.76. The van der Waals surface area contributed by atoms with Gasteiger partial charge in [0.1, 0.15) is 5.49 Å². The van der Waals surface area contributed by atoms with Crippen molar-refractivity contribution >= 4 is 11.9 Å². The fourth-order valence-corrected chi connectivity index (χ4v) is 1.69. The molecule has 0 aliphatic heterocycles. The van der Waals surface area contributed by atoms with Gasteiger partial charge in [-0.05, 0) is 35.4 Å². The third-order valence-electron chi connectivity index (χ3n) is 2.62. The molecule has 2 N–H and O–H groups in total. The number of nitrogens with two attached hydrogens (primary N) is 1. The summed E-state index contributed by atoms with van der Waals surface area (Å²) in [5.74, 6) is 0. The Morgan fingerprint density at radius 3 is 2.35 bits per heavy atom. The SMILES string of the molecule is C=Cn1cc(-c2ccc(N)cc2)ccc1=NC. The van der Waals surface area contributed by atoms with Gasteiger partial charge < -0.3 is 10.3 Å². The molecule has 17 heavy (non-hydrogen) atoms. The van der Waals surface area contributed by atoms with Crippen LogP contribution >= 0.6 is 0 Å². The summed E-state index contributed by atoms with van der Waals surface area (Å²) in [6, 6.07) is 11.8. The molecule has 0 spiro atoms. The number of nitrogens with zero attached hydrogens (tertiary/aromatic N) is 2. The molecule has 3 heteroatoms. The highest BCUT2D eigenvalue weighted by molar-refractivity contribution is 5.64. The Hall–Kier alpha value is -2.29. The Morgan fingerprint density at radius 2 is 1.76 bits per heavy atom. The van der Waals surface area contributed by atoms with Crippen LogP contribution in [0.15, 0.2) is 54.2 Å². The van der Waals surface area contributed by atoms with E-state index in [0.29, 0.717) is 0 Å². The van der Waals surface area contributed by atoms with Crippen molar-refractivity contribution in [2.45, 2.75) is 0 Å². The Bertz CT molecular complexity index is 592. The summed E-state index contributed by atoms with van der Waals surface area (Å²) >= 11 is 0. The van der Waals surface area contributed by atoms with Gasteiger partial charge in [0.2, 0.25) is 0 Å². The van der Waals surface area contributed by atoms with E-state index in [4.69, 9.17) is 5.73 Å². The van der Waals surface area contributed by atoms with Crippen molar-refractivity contribution in [3.63, 3.8) is 0 Å². The van der Waals surface area contributed by atoms with Crippen molar-refractivity contribution in [1.82, 2.24) is 4.57 Å². The maximum absolute atomic E-state index is 5.67. The van der Waals surface area contributed by atoms with E-state index in [1.807, 2.05) is 47.2 Å². The van der Waals surface area contributed by atoms with Crippen LogP contribution in [0.1, 0.15) is 0 Å². The quantitative estimate of drug-likeness (QED) is 0.783. The molecule has 0 amide bonds. The molecule has 0 unspecified atom stereocenters. The minimum Gasteiger partial charge on any atom is -0.399 e. The fraction of sp³-hybridized carbons (Fsp3) is 0.0714. The van der Waals surface area contributed by atoms with Crippen LogP contribution in [-0.2, 0) is 0 Å². The summed E-state index contributed by atoms with van der Waals surface area (Å²) in [6.07, 6.45) is 3.74. The van der Waals surface area contributed by atoms with Gasteiger partial charge in [-0.1, -0.05) is 18.7 Å². The summed E-state index contributed by atoms with van der Waals surface area (Å²) in [6.45, 7) is 3.77. The van der Waals surface area contributed by atoms with Crippen LogP contribution in [0.25, 0.3) is 17.3 Å². The second kappa shape index (κ2) is 4.70. The molecule has 2 rings (SSSR count). The maximum atomic E-state index is 5.67. The zero-order valence-corrected chi connectivity index (χ0v) is 9.80. The Labute approximate surface area is 101 Å². The lowest BCUT2D eigenvalue weighted by molar-refractivity contribution is 0.994. The number of anilines is 1. The monoisotopic (exact) mass is 225 g/mol. The minimum atomic E-state index is 0.769. The molecular weight excluding hydrogens is 210 g/mol. The second-order valence-corrected chi connectivity index (χ2v) is 3.71. The molecule has 0 bridgehead atoms. The zero-order valence-electron chi connectivity index (χ0n) is 9.80. The maximum Gasteiger partial charge on any atom is 0.131 e. The van der Waals surface area contributed by atoms with Crippen LogP contribution in [0.3, 0.4) is 0 Å². The van der Waals surface area contributed by atoms with Crippen molar-refractivity contribution in [3.8, 4) is 11.1 Å². The molecule has 0 saturated heterocycles. The number of pyridine rings is 1. The van der Waals surface area contributed by atoms with Gasteiger partial charge in [-0.25, -0.2) is 0 Å². The van der Waals surface area contributed by atoms with Crippen molar-refractivity contribution < 1.29 is 0 Å². The molecule has 1 aromatic heterocycles. The lowest BCUT2D eigenvalue weighted by Crippen LogP contribution is -2.14. The molecule has 1 aromatic carbocycles. The highest BCUT2D eigenvalue weighted by Crippen LogP contribution is 2.19. The average Bonchev–Trinajstić information content (AvgIpc) is 2.39. The van der Waals surface area contributed by atoms with Gasteiger partial charge >= 0.3 is 0 Å². The van der Waals surface area contributed by atoms with Crippen molar-refractivity contribution in [2.24, 2.45) is 4.99 Å². The average molecular weight is 225 g/mol. The van der Waals surface area contributed by atoms with Crippen LogP contribution in [0, 0.1) is 0 Å². The predicted octanol–water partition coefficient (Wildman–Crippen LogP) is 2.37. The molecule has 0 saturated carbocycles. The van der Waals surface area contributed by atoms with E-state index in [9.17, 15) is 0 Å². The molecule has 0 atom stereocenters. The first-order valence-corrected chi connectivity index (χ1v) is 5.38. The number of hydrogen-bond donors (Lipinski definition) is 1. The Morgan fingerprint density at radius 1 is 1.12 bits per heavy atom. The number of aromatic nitrogens is 1. The van der Waals surface area contributed by atoms with Crippen LogP contribution in [0.2, 0.25) is 0 Å². The third kappa shape index (κ3) is 2.28. The van der Waals surface area contributed by atoms with E-state index in [-0.39, 0.29) is 0 Å². The van der Waals surface area contributed by atoms with E-state index in [1.165, 1.54) is 0 Å². The van der Waals surface area contributed by atoms with Crippen molar-refractivity contribution in [3.05, 3.63) is 54.7 Å². The van der Waals surface area contributed by atoms with E-state index < -0.39 is 0 Å². The van der Waals surface area contributed by atoms with Crippen molar-refractivity contribution in [1.29, 1.82) is 0 Å². The van der Waals surface area contributed by atoms with Crippen LogP contribution in [-0.4, -0.2) is 11.6 Å². The molecule has 0 radical (unpaired) electrons. The molecule has 2 aromatic rings. The molecule has 3 nitrogen and oxygen atoms in total. The third-order valence-corrected chi connectivity index (χ3v) is 2.62. The smallest absolute Gasteiger partial charge is 0.131 e. The van der Waals surface area contributed by atoms with Gasteiger partial charge in [0.05, 0.1) is 0 Å².